The summed E-state index contributed by atoms with van der Waals surface area (Å²) in [5, 5.41) is 1.59. The molecule has 6 heteroatoms. The summed E-state index contributed by atoms with van der Waals surface area (Å²) in [4.78, 5) is 9.26. The summed E-state index contributed by atoms with van der Waals surface area (Å²) in [7, 11) is 0. The molecule has 0 fully saturated rings. The Morgan fingerprint density at radius 3 is 2.64 bits per heavy atom. The first-order valence-electron chi connectivity index (χ1n) is 8.76. The van der Waals surface area contributed by atoms with Crippen LogP contribution in [0.1, 0.15) is 11.1 Å². The number of fused-ring (bicyclic) bond motifs is 2. The number of hydrogen-bond acceptors (Lipinski definition) is 5. The number of aromatic nitrogens is 1. The zero-order chi connectivity index (χ0) is 19.1. The van der Waals surface area contributed by atoms with Gasteiger partial charge in [0, 0.05) is 23.4 Å². The Morgan fingerprint density at radius 1 is 1.04 bits per heavy atom. The van der Waals surface area contributed by atoms with Gasteiger partial charge in [0.25, 0.3) is 0 Å². The van der Waals surface area contributed by atoms with Crippen LogP contribution in [-0.4, -0.2) is 18.0 Å². The van der Waals surface area contributed by atoms with Crippen LogP contribution in [0.15, 0.2) is 59.6 Å². The Hall–Kier alpha value is -2.89. The van der Waals surface area contributed by atoms with Crippen molar-refractivity contribution in [2.45, 2.75) is 6.92 Å². The lowest BCUT2D eigenvalue weighted by atomic mass is 10.2. The molecule has 3 aromatic carbocycles. The second-order valence-electron chi connectivity index (χ2n) is 6.52. The maximum Gasteiger partial charge on any atom is 0.231 e. The molecule has 0 amide bonds. The van der Waals surface area contributed by atoms with Crippen LogP contribution in [0.5, 0.6) is 11.5 Å². The van der Waals surface area contributed by atoms with Crippen molar-refractivity contribution < 1.29 is 9.47 Å². The summed E-state index contributed by atoms with van der Waals surface area (Å²) >= 11 is 8.00. The van der Waals surface area contributed by atoms with Crippen molar-refractivity contribution in [1.29, 1.82) is 0 Å². The average Bonchev–Trinajstić information content (AvgIpc) is 3.32. The van der Waals surface area contributed by atoms with Gasteiger partial charge in [0.2, 0.25) is 6.79 Å². The van der Waals surface area contributed by atoms with Crippen LogP contribution in [0, 0.1) is 6.92 Å². The molecular weight excluding hydrogens is 392 g/mol. The van der Waals surface area contributed by atoms with Crippen LogP contribution < -0.4 is 9.47 Å². The molecule has 0 N–H and O–H groups in total. The van der Waals surface area contributed by atoms with Crippen LogP contribution in [0.25, 0.3) is 20.8 Å². The van der Waals surface area contributed by atoms with Crippen molar-refractivity contribution in [3.63, 3.8) is 0 Å². The van der Waals surface area contributed by atoms with Gasteiger partial charge in [0.15, 0.2) is 11.5 Å². The molecule has 0 bridgehead atoms. The highest BCUT2D eigenvalue weighted by molar-refractivity contribution is 7.21. The van der Waals surface area contributed by atoms with Gasteiger partial charge in [0.1, 0.15) is 5.01 Å². The molecule has 4 nitrogen and oxygen atoms in total. The van der Waals surface area contributed by atoms with Gasteiger partial charge in [-0.25, -0.2) is 4.98 Å². The minimum Gasteiger partial charge on any atom is -0.454 e. The number of aliphatic imine (C=N–C) groups is 1. The van der Waals surface area contributed by atoms with Crippen molar-refractivity contribution in [2.24, 2.45) is 4.99 Å². The summed E-state index contributed by atoms with van der Waals surface area (Å²) < 4.78 is 11.9. The molecule has 0 radical (unpaired) electrons. The Labute approximate surface area is 171 Å². The first-order chi connectivity index (χ1) is 13.7. The van der Waals surface area contributed by atoms with Gasteiger partial charge in [-0.2, -0.15) is 0 Å². The number of ether oxygens (including phenoxy) is 2. The molecule has 0 spiro atoms. The smallest absolute Gasteiger partial charge is 0.231 e. The molecule has 0 saturated heterocycles. The number of rotatable bonds is 3. The van der Waals surface area contributed by atoms with Crippen LogP contribution in [0.4, 0.5) is 5.69 Å². The summed E-state index contributed by atoms with van der Waals surface area (Å²) in [5.74, 6) is 1.35. The lowest BCUT2D eigenvalue weighted by Crippen LogP contribution is -1.92. The second-order valence-corrected chi connectivity index (χ2v) is 7.96. The SMILES string of the molecule is Cc1ccc2nc(-c3ccc(N=Cc4cc5c(cc4Cl)OCO5)cc3)sc2c1. The number of nitrogens with zero attached hydrogens (tertiary/aromatic N) is 2. The predicted octanol–water partition coefficient (Wildman–Crippen LogP) is 6.40. The van der Waals surface area contributed by atoms with Gasteiger partial charge in [-0.05, 0) is 55.0 Å². The Kier molecular flexibility index (Phi) is 4.26. The third-order valence-corrected chi connectivity index (χ3v) is 5.90. The average molecular weight is 407 g/mol. The first-order valence-corrected chi connectivity index (χ1v) is 9.96. The van der Waals surface area contributed by atoms with E-state index >= 15 is 0 Å². The predicted molar refractivity (Wildman–Crippen MR) is 115 cm³/mol. The summed E-state index contributed by atoms with van der Waals surface area (Å²) in [6.45, 7) is 2.32. The van der Waals surface area contributed by atoms with E-state index in [9.17, 15) is 0 Å². The Morgan fingerprint density at radius 2 is 1.82 bits per heavy atom. The van der Waals surface area contributed by atoms with Gasteiger partial charge in [-0.3, -0.25) is 4.99 Å². The van der Waals surface area contributed by atoms with Crippen molar-refractivity contribution >= 4 is 45.1 Å². The van der Waals surface area contributed by atoms with Gasteiger partial charge in [-0.15, -0.1) is 11.3 Å². The van der Waals surface area contributed by atoms with Gasteiger partial charge >= 0.3 is 0 Å². The van der Waals surface area contributed by atoms with E-state index in [0.29, 0.717) is 16.5 Å². The fraction of sp³-hybridized carbons (Fsp3) is 0.0909. The van der Waals surface area contributed by atoms with E-state index in [-0.39, 0.29) is 6.79 Å². The first kappa shape index (κ1) is 17.2. The van der Waals surface area contributed by atoms with Crippen LogP contribution in [-0.2, 0) is 0 Å². The third kappa shape index (κ3) is 3.23. The topological polar surface area (TPSA) is 43.7 Å². The standard InChI is InChI=1S/C22H15ClN2O2S/c1-13-2-7-18-21(8-13)28-22(25-18)14-3-5-16(6-4-14)24-11-15-9-19-20(10-17(15)23)27-12-26-19/h2-11H,12H2,1H3. The maximum atomic E-state index is 6.30. The Bertz CT molecular complexity index is 1220. The zero-order valence-corrected chi connectivity index (χ0v) is 16.6. The van der Waals surface area contributed by atoms with E-state index < -0.39 is 0 Å². The molecule has 28 heavy (non-hydrogen) atoms. The van der Waals surface area contributed by atoms with E-state index in [1.165, 1.54) is 10.3 Å². The minimum absolute atomic E-state index is 0.221. The molecule has 0 unspecified atom stereocenters. The largest absolute Gasteiger partial charge is 0.454 e. The van der Waals surface area contributed by atoms with E-state index in [1.54, 1.807) is 23.6 Å². The van der Waals surface area contributed by atoms with E-state index in [4.69, 9.17) is 26.1 Å². The monoisotopic (exact) mass is 406 g/mol. The number of aryl methyl sites for hydroxylation is 1. The zero-order valence-electron chi connectivity index (χ0n) is 15.0. The lowest BCUT2D eigenvalue weighted by Gasteiger charge is -2.01. The normalized spacial score (nSPS) is 12.9. The van der Waals surface area contributed by atoms with Gasteiger partial charge in [-0.1, -0.05) is 17.7 Å². The van der Waals surface area contributed by atoms with Crippen molar-refractivity contribution in [2.75, 3.05) is 6.79 Å². The van der Waals surface area contributed by atoms with Crippen molar-refractivity contribution in [1.82, 2.24) is 4.98 Å². The fourth-order valence-electron chi connectivity index (χ4n) is 3.02. The summed E-state index contributed by atoms with van der Waals surface area (Å²) in [5.41, 5.74) is 4.99. The van der Waals surface area contributed by atoms with Crippen LogP contribution in [0.2, 0.25) is 5.02 Å². The molecule has 5 rings (SSSR count). The molecule has 1 aromatic heterocycles. The van der Waals surface area contributed by atoms with E-state index in [2.05, 4.69) is 30.1 Å². The molecule has 4 aromatic rings. The van der Waals surface area contributed by atoms with Crippen molar-refractivity contribution in [3.8, 4) is 22.1 Å². The molecule has 0 aliphatic carbocycles. The molecular formula is C22H15ClN2O2S. The van der Waals surface area contributed by atoms with Gasteiger partial charge in [0.05, 0.1) is 20.9 Å². The number of benzene rings is 3. The maximum absolute atomic E-state index is 6.30. The third-order valence-electron chi connectivity index (χ3n) is 4.50. The highest BCUT2D eigenvalue weighted by Gasteiger charge is 2.15. The molecule has 0 saturated carbocycles. The highest BCUT2D eigenvalue weighted by atomic mass is 35.5. The highest BCUT2D eigenvalue weighted by Crippen LogP contribution is 2.36. The lowest BCUT2D eigenvalue weighted by molar-refractivity contribution is 0.174. The Balaban J connectivity index is 1.39. The molecule has 138 valence electrons. The fourth-order valence-corrected chi connectivity index (χ4v) is 4.29. The summed E-state index contributed by atoms with van der Waals surface area (Å²) in [6, 6.07) is 18.0. The molecule has 1 aliphatic rings. The summed E-state index contributed by atoms with van der Waals surface area (Å²) in [6.07, 6.45) is 1.74. The van der Waals surface area contributed by atoms with Crippen LogP contribution >= 0.6 is 22.9 Å². The molecule has 1 aliphatic heterocycles. The van der Waals surface area contributed by atoms with Gasteiger partial charge < -0.3 is 9.47 Å². The van der Waals surface area contributed by atoms with Crippen LogP contribution in [0.3, 0.4) is 0 Å². The number of thiazole rings is 1. The number of halogens is 1. The minimum atomic E-state index is 0.221. The quantitative estimate of drug-likeness (QED) is 0.369. The number of hydrogen-bond donors (Lipinski definition) is 0. The molecule has 2 heterocycles. The second kappa shape index (κ2) is 6.93. The van der Waals surface area contributed by atoms with E-state index in [0.717, 1.165) is 27.3 Å². The molecule has 0 atom stereocenters. The van der Waals surface area contributed by atoms with E-state index in [1.807, 2.05) is 30.3 Å². The van der Waals surface area contributed by atoms with Crippen molar-refractivity contribution in [3.05, 3.63) is 70.7 Å².